The standard InChI is InChI=1S/C11H7ClF3N3O2/c1-5-17-18-10(20-5)9(19)16-6-2-3-8(12)7(4-6)11(13,14)15/h2-4H,1H3,(H,16,19). The fraction of sp³-hybridized carbons (Fsp3) is 0.182. The van der Waals surface area contributed by atoms with E-state index in [1.54, 1.807) is 0 Å². The second-order valence-corrected chi connectivity index (χ2v) is 4.18. The molecule has 0 radical (unpaired) electrons. The number of amides is 1. The third-order valence-electron chi connectivity index (χ3n) is 2.25. The summed E-state index contributed by atoms with van der Waals surface area (Å²) in [4.78, 5) is 11.7. The molecule has 0 aliphatic heterocycles. The molecule has 1 aromatic carbocycles. The van der Waals surface area contributed by atoms with Crippen molar-refractivity contribution < 1.29 is 22.4 Å². The van der Waals surface area contributed by atoms with Crippen molar-refractivity contribution in [3.05, 3.63) is 40.6 Å². The Balaban J connectivity index is 2.24. The number of halogens is 4. The second kappa shape index (κ2) is 5.12. The Bertz CT molecular complexity index is 655. The van der Waals surface area contributed by atoms with Gasteiger partial charge >= 0.3 is 18.0 Å². The first kappa shape index (κ1) is 14.3. The molecular weight excluding hydrogens is 299 g/mol. The molecule has 0 spiro atoms. The average molecular weight is 306 g/mol. The molecule has 1 heterocycles. The van der Waals surface area contributed by atoms with Gasteiger partial charge < -0.3 is 9.73 Å². The molecule has 106 valence electrons. The molecule has 1 N–H and O–H groups in total. The summed E-state index contributed by atoms with van der Waals surface area (Å²) in [5, 5.41) is 8.66. The zero-order chi connectivity index (χ0) is 14.9. The SMILES string of the molecule is Cc1nnc(C(=O)Nc2ccc(Cl)c(C(F)(F)F)c2)o1. The number of anilines is 1. The minimum Gasteiger partial charge on any atom is -0.417 e. The number of nitrogens with zero attached hydrogens (tertiary/aromatic N) is 2. The topological polar surface area (TPSA) is 68.0 Å². The molecule has 0 fully saturated rings. The van der Waals surface area contributed by atoms with Gasteiger partial charge in [0.15, 0.2) is 0 Å². The van der Waals surface area contributed by atoms with Gasteiger partial charge in [0.25, 0.3) is 0 Å². The summed E-state index contributed by atoms with van der Waals surface area (Å²) in [5.41, 5.74) is -1.12. The summed E-state index contributed by atoms with van der Waals surface area (Å²) in [7, 11) is 0. The number of rotatable bonds is 2. The van der Waals surface area contributed by atoms with Gasteiger partial charge in [-0.1, -0.05) is 11.6 Å². The van der Waals surface area contributed by atoms with Crippen LogP contribution in [0.1, 0.15) is 22.1 Å². The summed E-state index contributed by atoms with van der Waals surface area (Å²) < 4.78 is 42.8. The molecule has 0 saturated heterocycles. The Hall–Kier alpha value is -2.09. The van der Waals surface area contributed by atoms with Crippen LogP contribution in [0.25, 0.3) is 0 Å². The summed E-state index contributed by atoms with van der Waals surface area (Å²) in [5.74, 6) is -0.978. The number of aryl methyl sites for hydroxylation is 1. The van der Waals surface area contributed by atoms with Crippen LogP contribution in [-0.4, -0.2) is 16.1 Å². The maximum Gasteiger partial charge on any atom is 0.417 e. The zero-order valence-electron chi connectivity index (χ0n) is 9.95. The first-order valence-electron chi connectivity index (χ1n) is 5.25. The lowest BCUT2D eigenvalue weighted by Crippen LogP contribution is -2.14. The van der Waals surface area contributed by atoms with Gasteiger partial charge in [-0.3, -0.25) is 4.79 Å². The maximum absolute atomic E-state index is 12.7. The molecule has 20 heavy (non-hydrogen) atoms. The van der Waals surface area contributed by atoms with E-state index in [9.17, 15) is 18.0 Å². The van der Waals surface area contributed by atoms with Crippen molar-refractivity contribution in [2.75, 3.05) is 5.32 Å². The van der Waals surface area contributed by atoms with Crippen molar-refractivity contribution in [1.29, 1.82) is 0 Å². The Morgan fingerprint density at radius 2 is 2.05 bits per heavy atom. The number of carbonyl (C=O) groups excluding carboxylic acids is 1. The molecule has 1 amide bonds. The van der Waals surface area contributed by atoms with Gasteiger partial charge in [0.1, 0.15) is 0 Å². The molecule has 0 saturated carbocycles. The fourth-order valence-electron chi connectivity index (χ4n) is 1.39. The molecule has 2 aromatic rings. The zero-order valence-corrected chi connectivity index (χ0v) is 10.7. The van der Waals surface area contributed by atoms with E-state index >= 15 is 0 Å². The molecule has 1 aromatic heterocycles. The Morgan fingerprint density at radius 3 is 2.60 bits per heavy atom. The van der Waals surface area contributed by atoms with Gasteiger partial charge in [-0.25, -0.2) is 0 Å². The Labute approximate surface area is 115 Å². The molecule has 0 aliphatic carbocycles. The number of carbonyl (C=O) groups is 1. The van der Waals surface area contributed by atoms with Gasteiger partial charge in [-0.05, 0) is 18.2 Å². The molecule has 5 nitrogen and oxygen atoms in total. The van der Waals surface area contributed by atoms with E-state index in [0.29, 0.717) is 0 Å². The molecule has 0 aliphatic rings. The average Bonchev–Trinajstić information content (AvgIpc) is 2.77. The highest BCUT2D eigenvalue weighted by Crippen LogP contribution is 2.36. The number of aromatic nitrogens is 2. The summed E-state index contributed by atoms with van der Waals surface area (Å²) in [6.45, 7) is 1.48. The van der Waals surface area contributed by atoms with Gasteiger partial charge in [0.2, 0.25) is 5.89 Å². The number of alkyl halides is 3. The smallest absolute Gasteiger partial charge is 0.417 e. The van der Waals surface area contributed by atoms with Crippen LogP contribution in [0.4, 0.5) is 18.9 Å². The summed E-state index contributed by atoms with van der Waals surface area (Å²) >= 11 is 5.46. The van der Waals surface area contributed by atoms with Crippen molar-refractivity contribution in [2.24, 2.45) is 0 Å². The first-order chi connectivity index (χ1) is 9.27. The molecule has 0 unspecified atom stereocenters. The highest BCUT2D eigenvalue weighted by molar-refractivity contribution is 6.31. The number of nitrogens with one attached hydrogen (secondary N) is 1. The number of benzene rings is 1. The van der Waals surface area contributed by atoms with E-state index in [1.165, 1.54) is 13.0 Å². The Kier molecular flexibility index (Phi) is 3.67. The molecule has 0 bridgehead atoms. The molecule has 2 rings (SSSR count). The van der Waals surface area contributed by atoms with Gasteiger partial charge in [0.05, 0.1) is 10.6 Å². The fourth-order valence-corrected chi connectivity index (χ4v) is 1.62. The van der Waals surface area contributed by atoms with E-state index < -0.39 is 22.7 Å². The van der Waals surface area contributed by atoms with E-state index in [-0.39, 0.29) is 17.5 Å². The largest absolute Gasteiger partial charge is 0.417 e. The quantitative estimate of drug-likeness (QED) is 0.924. The predicted octanol–water partition coefficient (Wildman–Crippen LogP) is 3.30. The van der Waals surface area contributed by atoms with Crippen LogP contribution in [0.15, 0.2) is 22.6 Å². The maximum atomic E-state index is 12.7. The minimum atomic E-state index is -4.61. The van der Waals surface area contributed by atoms with Crippen LogP contribution in [-0.2, 0) is 6.18 Å². The molecular formula is C11H7ClF3N3O2. The second-order valence-electron chi connectivity index (χ2n) is 3.77. The third kappa shape index (κ3) is 3.08. The van der Waals surface area contributed by atoms with Crippen molar-refractivity contribution in [2.45, 2.75) is 13.1 Å². The molecule has 0 atom stereocenters. The molecule has 9 heteroatoms. The lowest BCUT2D eigenvalue weighted by atomic mass is 10.2. The van der Waals surface area contributed by atoms with Crippen molar-refractivity contribution in [3.8, 4) is 0 Å². The first-order valence-corrected chi connectivity index (χ1v) is 5.63. The highest BCUT2D eigenvalue weighted by Gasteiger charge is 2.33. The highest BCUT2D eigenvalue weighted by atomic mass is 35.5. The number of hydrogen-bond acceptors (Lipinski definition) is 4. The van der Waals surface area contributed by atoms with E-state index in [0.717, 1.165) is 12.1 Å². The number of hydrogen-bond donors (Lipinski definition) is 1. The van der Waals surface area contributed by atoms with Crippen LogP contribution >= 0.6 is 11.6 Å². The van der Waals surface area contributed by atoms with Crippen LogP contribution in [0.3, 0.4) is 0 Å². The Morgan fingerprint density at radius 1 is 1.35 bits per heavy atom. The van der Waals surface area contributed by atoms with E-state index in [2.05, 4.69) is 15.5 Å². The lowest BCUT2D eigenvalue weighted by molar-refractivity contribution is -0.137. The van der Waals surface area contributed by atoms with Gasteiger partial charge in [0, 0.05) is 12.6 Å². The van der Waals surface area contributed by atoms with Gasteiger partial charge in [-0.15, -0.1) is 10.2 Å². The third-order valence-corrected chi connectivity index (χ3v) is 2.58. The van der Waals surface area contributed by atoms with Gasteiger partial charge in [-0.2, -0.15) is 13.2 Å². The monoisotopic (exact) mass is 305 g/mol. The summed E-state index contributed by atoms with van der Waals surface area (Å²) in [6, 6.07) is 3.00. The van der Waals surface area contributed by atoms with Crippen LogP contribution in [0.5, 0.6) is 0 Å². The van der Waals surface area contributed by atoms with Crippen molar-refractivity contribution >= 4 is 23.2 Å². The van der Waals surface area contributed by atoms with Crippen molar-refractivity contribution in [1.82, 2.24) is 10.2 Å². The van der Waals surface area contributed by atoms with E-state index in [1.807, 2.05) is 0 Å². The normalized spacial score (nSPS) is 11.4. The van der Waals surface area contributed by atoms with Crippen LogP contribution in [0.2, 0.25) is 5.02 Å². The van der Waals surface area contributed by atoms with Crippen LogP contribution in [0, 0.1) is 6.92 Å². The van der Waals surface area contributed by atoms with Crippen molar-refractivity contribution in [3.63, 3.8) is 0 Å². The summed E-state index contributed by atoms with van der Waals surface area (Å²) in [6.07, 6.45) is -4.61. The lowest BCUT2D eigenvalue weighted by Gasteiger charge is -2.11. The minimum absolute atomic E-state index is 0.0809. The van der Waals surface area contributed by atoms with E-state index in [4.69, 9.17) is 16.0 Å². The predicted molar refractivity (Wildman–Crippen MR) is 63.4 cm³/mol. The van der Waals surface area contributed by atoms with Crippen LogP contribution < -0.4 is 5.32 Å².